The highest BCUT2D eigenvalue weighted by Crippen LogP contribution is 2.28. The van der Waals surface area contributed by atoms with E-state index in [1.807, 2.05) is 11.8 Å². The smallest absolute Gasteiger partial charge is 0.162 e. The van der Waals surface area contributed by atoms with Crippen LogP contribution in [-0.4, -0.2) is 24.2 Å². The lowest BCUT2D eigenvalue weighted by molar-refractivity contribution is 0.313. The Kier molecular flexibility index (Phi) is 5.36. The van der Waals surface area contributed by atoms with Crippen LogP contribution in [0.1, 0.15) is 26.3 Å². The van der Waals surface area contributed by atoms with E-state index in [1.54, 1.807) is 25.3 Å². The van der Waals surface area contributed by atoms with Gasteiger partial charge in [-0.2, -0.15) is 17.0 Å². The average Bonchev–Trinajstić information content (AvgIpc) is 2.33. The van der Waals surface area contributed by atoms with Crippen LogP contribution < -0.4 is 9.47 Å². The summed E-state index contributed by atoms with van der Waals surface area (Å²) in [7, 11) is 1.58. The maximum Gasteiger partial charge on any atom is 0.162 e. The molecule has 0 radical (unpaired) electrons. The standard InChI is InChI=1S/C14H19NO2S/c1-14(2,3)18-8-7-17-12-6-5-11(10-15)9-13(12)16-4/h5-6,9H,7-8H2,1-4H3. The predicted octanol–water partition coefficient (Wildman–Crippen LogP) is 3.48. The summed E-state index contributed by atoms with van der Waals surface area (Å²) in [4.78, 5) is 0. The Morgan fingerprint density at radius 2 is 2.00 bits per heavy atom. The zero-order valence-corrected chi connectivity index (χ0v) is 12.1. The summed E-state index contributed by atoms with van der Waals surface area (Å²) in [6, 6.07) is 7.27. The molecule has 0 amide bonds. The molecule has 0 saturated carbocycles. The van der Waals surface area contributed by atoms with Crippen molar-refractivity contribution in [1.29, 1.82) is 5.26 Å². The second-order valence-electron chi connectivity index (χ2n) is 4.79. The summed E-state index contributed by atoms with van der Waals surface area (Å²) in [5.74, 6) is 2.22. The summed E-state index contributed by atoms with van der Waals surface area (Å²) in [5, 5.41) is 8.80. The maximum atomic E-state index is 8.80. The lowest BCUT2D eigenvalue weighted by atomic mass is 10.2. The van der Waals surface area contributed by atoms with Crippen LogP contribution in [0.4, 0.5) is 0 Å². The molecule has 3 nitrogen and oxygen atoms in total. The highest BCUT2D eigenvalue weighted by atomic mass is 32.2. The first-order chi connectivity index (χ1) is 8.46. The number of rotatable bonds is 5. The Balaban J connectivity index is 2.55. The molecule has 0 fully saturated rings. The molecule has 0 aliphatic heterocycles. The van der Waals surface area contributed by atoms with Crippen molar-refractivity contribution in [3.63, 3.8) is 0 Å². The molecule has 0 aromatic heterocycles. The third-order valence-corrected chi connectivity index (χ3v) is 3.41. The van der Waals surface area contributed by atoms with Crippen molar-refractivity contribution in [3.05, 3.63) is 23.8 Å². The van der Waals surface area contributed by atoms with Gasteiger partial charge in [0.15, 0.2) is 11.5 Å². The minimum Gasteiger partial charge on any atom is -0.493 e. The van der Waals surface area contributed by atoms with Gasteiger partial charge in [-0.25, -0.2) is 0 Å². The van der Waals surface area contributed by atoms with Gasteiger partial charge in [-0.15, -0.1) is 0 Å². The largest absolute Gasteiger partial charge is 0.493 e. The molecular formula is C14H19NO2S. The van der Waals surface area contributed by atoms with Crippen molar-refractivity contribution >= 4 is 11.8 Å². The second-order valence-corrected chi connectivity index (χ2v) is 6.71. The van der Waals surface area contributed by atoms with Crippen molar-refractivity contribution in [3.8, 4) is 17.6 Å². The van der Waals surface area contributed by atoms with E-state index in [0.717, 1.165) is 5.75 Å². The average molecular weight is 265 g/mol. The summed E-state index contributed by atoms with van der Waals surface area (Å²) >= 11 is 1.86. The molecule has 0 atom stereocenters. The molecule has 18 heavy (non-hydrogen) atoms. The fourth-order valence-electron chi connectivity index (χ4n) is 1.36. The number of ether oxygens (including phenoxy) is 2. The van der Waals surface area contributed by atoms with Crippen LogP contribution in [0.2, 0.25) is 0 Å². The molecule has 0 heterocycles. The molecule has 0 bridgehead atoms. The van der Waals surface area contributed by atoms with E-state index in [1.165, 1.54) is 0 Å². The molecule has 1 rings (SSSR count). The van der Waals surface area contributed by atoms with Gasteiger partial charge in [0, 0.05) is 16.6 Å². The van der Waals surface area contributed by atoms with E-state index in [0.29, 0.717) is 23.7 Å². The molecule has 0 saturated heterocycles. The topological polar surface area (TPSA) is 42.2 Å². The first-order valence-corrected chi connectivity index (χ1v) is 6.80. The molecule has 0 spiro atoms. The number of hydrogen-bond donors (Lipinski definition) is 0. The Hall–Kier alpha value is -1.34. The van der Waals surface area contributed by atoms with E-state index in [-0.39, 0.29) is 4.75 Å². The van der Waals surface area contributed by atoms with Crippen molar-refractivity contribution in [2.75, 3.05) is 19.5 Å². The van der Waals surface area contributed by atoms with E-state index in [4.69, 9.17) is 14.7 Å². The molecule has 98 valence electrons. The molecule has 0 aliphatic carbocycles. The van der Waals surface area contributed by atoms with Crippen molar-refractivity contribution in [2.45, 2.75) is 25.5 Å². The van der Waals surface area contributed by atoms with Crippen LogP contribution >= 0.6 is 11.8 Å². The van der Waals surface area contributed by atoms with E-state index < -0.39 is 0 Å². The Labute approximate surface area is 113 Å². The number of thioether (sulfide) groups is 1. The number of benzene rings is 1. The van der Waals surface area contributed by atoms with Gasteiger partial charge in [0.25, 0.3) is 0 Å². The minimum absolute atomic E-state index is 0.248. The van der Waals surface area contributed by atoms with Crippen molar-refractivity contribution in [1.82, 2.24) is 0 Å². The van der Waals surface area contributed by atoms with E-state index in [9.17, 15) is 0 Å². The van der Waals surface area contributed by atoms with Crippen molar-refractivity contribution in [2.24, 2.45) is 0 Å². The van der Waals surface area contributed by atoms with Gasteiger partial charge >= 0.3 is 0 Å². The molecular weight excluding hydrogens is 246 g/mol. The summed E-state index contributed by atoms with van der Waals surface area (Å²) in [6.07, 6.45) is 0. The van der Waals surface area contributed by atoms with Crippen LogP contribution in [0.15, 0.2) is 18.2 Å². The zero-order valence-electron chi connectivity index (χ0n) is 11.3. The van der Waals surface area contributed by atoms with Crippen LogP contribution in [0.5, 0.6) is 11.5 Å². The second kappa shape index (κ2) is 6.55. The molecule has 1 aromatic carbocycles. The number of nitriles is 1. The molecule has 1 aromatic rings. The first-order valence-electron chi connectivity index (χ1n) is 5.81. The zero-order chi connectivity index (χ0) is 13.6. The van der Waals surface area contributed by atoms with Crippen molar-refractivity contribution < 1.29 is 9.47 Å². The van der Waals surface area contributed by atoms with Crippen LogP contribution in [0, 0.1) is 11.3 Å². The number of hydrogen-bond acceptors (Lipinski definition) is 4. The third-order valence-electron chi connectivity index (χ3n) is 2.17. The quantitative estimate of drug-likeness (QED) is 0.764. The van der Waals surface area contributed by atoms with Gasteiger partial charge in [-0.1, -0.05) is 20.8 Å². The highest BCUT2D eigenvalue weighted by molar-refractivity contribution is 8.00. The van der Waals surface area contributed by atoms with Crippen LogP contribution in [0.3, 0.4) is 0 Å². The van der Waals surface area contributed by atoms with E-state index in [2.05, 4.69) is 26.8 Å². The Morgan fingerprint density at radius 3 is 2.56 bits per heavy atom. The number of nitrogens with zero attached hydrogens (tertiary/aromatic N) is 1. The van der Waals surface area contributed by atoms with Gasteiger partial charge in [-0.05, 0) is 12.1 Å². The van der Waals surface area contributed by atoms with Crippen LogP contribution in [0.25, 0.3) is 0 Å². The van der Waals surface area contributed by atoms with Gasteiger partial charge in [-0.3, -0.25) is 0 Å². The monoisotopic (exact) mass is 265 g/mol. The summed E-state index contributed by atoms with van der Waals surface area (Å²) in [5.41, 5.74) is 0.572. The molecule has 0 N–H and O–H groups in total. The lowest BCUT2D eigenvalue weighted by Gasteiger charge is -2.18. The minimum atomic E-state index is 0.248. The molecule has 4 heteroatoms. The SMILES string of the molecule is COc1cc(C#N)ccc1OCCSC(C)(C)C. The lowest BCUT2D eigenvalue weighted by Crippen LogP contribution is -2.12. The fraction of sp³-hybridized carbons (Fsp3) is 0.500. The fourth-order valence-corrected chi connectivity index (χ4v) is 2.13. The Bertz CT molecular complexity index is 432. The highest BCUT2D eigenvalue weighted by Gasteiger charge is 2.10. The molecule has 0 unspecified atom stereocenters. The maximum absolute atomic E-state index is 8.80. The normalized spacial score (nSPS) is 10.8. The molecule has 0 aliphatic rings. The first kappa shape index (κ1) is 14.7. The number of methoxy groups -OCH3 is 1. The third kappa shape index (κ3) is 4.89. The van der Waals surface area contributed by atoms with Gasteiger partial charge in [0.05, 0.1) is 25.3 Å². The van der Waals surface area contributed by atoms with Gasteiger partial charge in [0.1, 0.15) is 0 Å². The summed E-state index contributed by atoms with van der Waals surface area (Å²) < 4.78 is 11.1. The Morgan fingerprint density at radius 1 is 1.28 bits per heavy atom. The van der Waals surface area contributed by atoms with E-state index >= 15 is 0 Å². The summed E-state index contributed by atoms with van der Waals surface area (Å²) in [6.45, 7) is 7.17. The predicted molar refractivity (Wildman–Crippen MR) is 75.4 cm³/mol. The van der Waals surface area contributed by atoms with Gasteiger partial charge in [0.2, 0.25) is 0 Å². The van der Waals surface area contributed by atoms with Gasteiger partial charge < -0.3 is 9.47 Å². The van der Waals surface area contributed by atoms with Crippen LogP contribution in [-0.2, 0) is 0 Å².